The van der Waals surface area contributed by atoms with Crippen molar-refractivity contribution in [1.29, 1.82) is 0 Å². The van der Waals surface area contributed by atoms with Crippen molar-refractivity contribution in [2.24, 2.45) is 12.0 Å². The molecule has 162 valence electrons. The second-order valence-corrected chi connectivity index (χ2v) is 7.03. The van der Waals surface area contributed by atoms with Gasteiger partial charge in [-0.15, -0.1) is 34.2 Å². The molecule has 0 bridgehead atoms. The number of ether oxygens (including phenoxy) is 1. The Morgan fingerprint density at radius 1 is 1.24 bits per heavy atom. The van der Waals surface area contributed by atoms with Gasteiger partial charge in [-0.25, -0.2) is 4.99 Å². The predicted octanol–water partition coefficient (Wildman–Crippen LogP) is 4.09. The zero-order valence-corrected chi connectivity index (χ0v) is 20.7. The van der Waals surface area contributed by atoms with E-state index in [4.69, 9.17) is 16.3 Å². The third kappa shape index (κ3) is 8.38. The van der Waals surface area contributed by atoms with Gasteiger partial charge < -0.3 is 19.9 Å². The summed E-state index contributed by atoms with van der Waals surface area (Å²) in [6.07, 6.45) is 3.03. The lowest BCUT2D eigenvalue weighted by Crippen LogP contribution is -2.43. The summed E-state index contributed by atoms with van der Waals surface area (Å²) in [7, 11) is 1.95. The van der Waals surface area contributed by atoms with E-state index in [1.807, 2.05) is 42.8 Å². The van der Waals surface area contributed by atoms with Gasteiger partial charge in [0.2, 0.25) is 0 Å². The van der Waals surface area contributed by atoms with Crippen molar-refractivity contribution in [2.75, 3.05) is 13.1 Å². The first-order chi connectivity index (χ1) is 13.5. The maximum atomic E-state index is 6.21. The fourth-order valence-corrected chi connectivity index (χ4v) is 2.68. The molecule has 2 N–H and O–H groups in total. The van der Waals surface area contributed by atoms with E-state index in [0.717, 1.165) is 43.4 Å². The highest BCUT2D eigenvalue weighted by Gasteiger charge is 2.12. The number of nitrogens with one attached hydrogen (secondary N) is 2. The van der Waals surface area contributed by atoms with Gasteiger partial charge in [0.15, 0.2) is 11.8 Å². The summed E-state index contributed by atoms with van der Waals surface area (Å²) in [5.41, 5.74) is 0. The van der Waals surface area contributed by atoms with Crippen molar-refractivity contribution in [2.45, 2.75) is 52.7 Å². The molecule has 9 heteroatoms. The van der Waals surface area contributed by atoms with Crippen molar-refractivity contribution < 1.29 is 4.74 Å². The molecule has 0 amide bonds. The number of nitrogens with zero attached hydrogens (tertiary/aromatic N) is 4. The average molecular weight is 535 g/mol. The number of unbranched alkanes of at least 4 members (excludes halogenated alkanes) is 1. The van der Waals surface area contributed by atoms with Crippen molar-refractivity contribution >= 4 is 41.5 Å². The van der Waals surface area contributed by atoms with Crippen molar-refractivity contribution in [3.63, 3.8) is 0 Å². The highest BCUT2D eigenvalue weighted by atomic mass is 127. The lowest BCUT2D eigenvalue weighted by molar-refractivity contribution is 0.199. The summed E-state index contributed by atoms with van der Waals surface area (Å²) in [6.45, 7) is 8.13. The van der Waals surface area contributed by atoms with E-state index < -0.39 is 0 Å². The van der Waals surface area contributed by atoms with Crippen LogP contribution in [0.3, 0.4) is 0 Å². The number of guanidine groups is 1. The number of hydrogen-bond donors (Lipinski definition) is 2. The summed E-state index contributed by atoms with van der Waals surface area (Å²) in [4.78, 5) is 4.66. The molecule has 0 fully saturated rings. The summed E-state index contributed by atoms with van der Waals surface area (Å²) in [5, 5.41) is 15.6. The fraction of sp³-hybridized carbons (Fsp3) is 0.550. The fourth-order valence-electron chi connectivity index (χ4n) is 2.50. The Morgan fingerprint density at radius 3 is 2.62 bits per heavy atom. The minimum absolute atomic E-state index is 0. The SMILES string of the molecule is CCCCNC(=NCc1nnc(C)n1C)NCC(CC)Oc1ccccc1Cl.I. The lowest BCUT2D eigenvalue weighted by atomic mass is 10.2. The molecule has 0 saturated carbocycles. The standard InChI is InChI=1S/C20H31ClN6O.HI/c1-5-7-12-22-20(24-14-19-26-25-15(3)27(19)4)23-13-16(6-2)28-18-11-9-8-10-17(18)21;/h8-11,16H,5-7,12-14H2,1-4H3,(H2,22,23,24);1H. The number of hydrogen-bond acceptors (Lipinski definition) is 4. The number of benzene rings is 1. The van der Waals surface area contributed by atoms with E-state index in [2.05, 4.69) is 39.7 Å². The molecule has 29 heavy (non-hydrogen) atoms. The van der Waals surface area contributed by atoms with E-state index in [-0.39, 0.29) is 30.1 Å². The normalized spacial score (nSPS) is 12.2. The van der Waals surface area contributed by atoms with E-state index >= 15 is 0 Å². The molecule has 0 saturated heterocycles. The average Bonchev–Trinajstić information content (AvgIpc) is 3.02. The van der Waals surface area contributed by atoms with E-state index in [1.54, 1.807) is 0 Å². The Kier molecular flexibility index (Phi) is 12.0. The quantitative estimate of drug-likeness (QED) is 0.208. The summed E-state index contributed by atoms with van der Waals surface area (Å²) in [6, 6.07) is 7.53. The van der Waals surface area contributed by atoms with Gasteiger partial charge in [0, 0.05) is 13.6 Å². The topological polar surface area (TPSA) is 76.4 Å². The summed E-state index contributed by atoms with van der Waals surface area (Å²) < 4.78 is 8.00. The van der Waals surface area contributed by atoms with Gasteiger partial charge in [-0.05, 0) is 31.9 Å². The Hall–Kier alpha value is -1.55. The first-order valence-electron chi connectivity index (χ1n) is 9.83. The van der Waals surface area contributed by atoms with Crippen LogP contribution in [0.25, 0.3) is 0 Å². The van der Waals surface area contributed by atoms with Crippen LogP contribution < -0.4 is 15.4 Å². The molecule has 1 heterocycles. The van der Waals surface area contributed by atoms with Gasteiger partial charge in [-0.1, -0.05) is 44.0 Å². The molecule has 1 aromatic carbocycles. The maximum Gasteiger partial charge on any atom is 0.191 e. The van der Waals surface area contributed by atoms with E-state index in [0.29, 0.717) is 23.9 Å². The van der Waals surface area contributed by atoms with E-state index in [9.17, 15) is 0 Å². The third-order valence-corrected chi connectivity index (χ3v) is 4.78. The van der Waals surface area contributed by atoms with Crippen molar-refractivity contribution in [1.82, 2.24) is 25.4 Å². The number of para-hydroxylation sites is 1. The Labute approximate surface area is 195 Å². The van der Waals surface area contributed by atoms with Crippen LogP contribution >= 0.6 is 35.6 Å². The highest BCUT2D eigenvalue weighted by molar-refractivity contribution is 14.0. The molecule has 0 aliphatic carbocycles. The zero-order valence-electron chi connectivity index (χ0n) is 17.6. The molecule has 0 radical (unpaired) electrons. The van der Waals surface area contributed by atoms with Gasteiger partial charge in [-0.2, -0.15) is 0 Å². The van der Waals surface area contributed by atoms with Crippen LogP contribution in [-0.2, 0) is 13.6 Å². The second-order valence-electron chi connectivity index (χ2n) is 6.63. The maximum absolute atomic E-state index is 6.21. The van der Waals surface area contributed by atoms with Crippen molar-refractivity contribution in [3.05, 3.63) is 40.9 Å². The Balaban J connectivity index is 0.00000420. The monoisotopic (exact) mass is 534 g/mol. The van der Waals surface area contributed by atoms with E-state index in [1.165, 1.54) is 0 Å². The molecule has 0 spiro atoms. The highest BCUT2D eigenvalue weighted by Crippen LogP contribution is 2.24. The van der Waals surface area contributed by atoms with Crippen LogP contribution in [0.4, 0.5) is 0 Å². The van der Waals surface area contributed by atoms with Crippen LogP contribution in [0, 0.1) is 6.92 Å². The summed E-state index contributed by atoms with van der Waals surface area (Å²) >= 11 is 6.21. The Morgan fingerprint density at radius 2 is 2.00 bits per heavy atom. The van der Waals surface area contributed by atoms with Crippen LogP contribution in [0.1, 0.15) is 44.8 Å². The van der Waals surface area contributed by atoms with Gasteiger partial charge in [0.1, 0.15) is 24.2 Å². The smallest absolute Gasteiger partial charge is 0.191 e. The van der Waals surface area contributed by atoms with Gasteiger partial charge >= 0.3 is 0 Å². The molecule has 1 atom stereocenters. The first-order valence-corrected chi connectivity index (χ1v) is 10.2. The minimum Gasteiger partial charge on any atom is -0.487 e. The van der Waals surface area contributed by atoms with Gasteiger partial charge in [-0.3, -0.25) is 0 Å². The van der Waals surface area contributed by atoms with Gasteiger partial charge in [0.25, 0.3) is 0 Å². The molecule has 0 aliphatic rings. The number of halogens is 2. The van der Waals surface area contributed by atoms with Crippen LogP contribution in [0.5, 0.6) is 5.75 Å². The predicted molar refractivity (Wildman–Crippen MR) is 129 cm³/mol. The summed E-state index contributed by atoms with van der Waals surface area (Å²) in [5.74, 6) is 3.14. The largest absolute Gasteiger partial charge is 0.487 e. The van der Waals surface area contributed by atoms with Crippen LogP contribution in [0.15, 0.2) is 29.3 Å². The molecule has 1 unspecified atom stereocenters. The van der Waals surface area contributed by atoms with Crippen LogP contribution in [-0.4, -0.2) is 39.9 Å². The zero-order chi connectivity index (χ0) is 20.4. The van der Waals surface area contributed by atoms with Crippen molar-refractivity contribution in [3.8, 4) is 5.75 Å². The number of aryl methyl sites for hydroxylation is 1. The first kappa shape index (κ1) is 25.5. The molecule has 7 nitrogen and oxygen atoms in total. The Bertz CT molecular complexity index is 767. The molecule has 2 aromatic rings. The number of rotatable bonds is 10. The molecule has 1 aromatic heterocycles. The number of aromatic nitrogens is 3. The van der Waals surface area contributed by atoms with Crippen LogP contribution in [0.2, 0.25) is 5.02 Å². The second kappa shape index (κ2) is 13.6. The molecule has 2 rings (SSSR count). The molecule has 0 aliphatic heterocycles. The molecular weight excluding hydrogens is 503 g/mol. The number of aliphatic imine (C=N–C) groups is 1. The third-order valence-electron chi connectivity index (χ3n) is 4.47. The molecular formula is C20H32ClIN6O. The van der Waals surface area contributed by atoms with Gasteiger partial charge in [0.05, 0.1) is 11.6 Å². The lowest BCUT2D eigenvalue weighted by Gasteiger charge is -2.20. The minimum atomic E-state index is -0.0184.